The van der Waals surface area contributed by atoms with Crippen molar-refractivity contribution in [3.63, 3.8) is 0 Å². The van der Waals surface area contributed by atoms with E-state index in [1.54, 1.807) is 0 Å². The van der Waals surface area contributed by atoms with Gasteiger partial charge in [0.25, 0.3) is 0 Å². The molecule has 0 unspecified atom stereocenters. The zero-order valence-electron chi connectivity index (χ0n) is 2.80. The third kappa shape index (κ3) is 8.94. The van der Waals surface area contributed by atoms with Gasteiger partial charge in [-0.15, -0.1) is 0 Å². The maximum absolute atomic E-state index is 9.17. The molecule has 0 heterocycles. The number of carbonyl (C=O) groups excluding carboxylic acids is 2. The van der Waals surface area contributed by atoms with E-state index in [-0.39, 0.29) is 21.1 Å². The maximum atomic E-state index is 9.17. The molecule has 2 nitrogen and oxygen atoms in total. The van der Waals surface area contributed by atoms with Crippen LogP contribution in [0.25, 0.3) is 0 Å². The first-order valence-electron chi connectivity index (χ1n) is 0.947. The molecule has 0 aromatic carbocycles. The molecule has 0 rings (SSSR count). The van der Waals surface area contributed by atoms with Crippen molar-refractivity contribution in [3.8, 4) is 0 Å². The molecule has 2 radical (unpaired) electrons. The van der Waals surface area contributed by atoms with Crippen LogP contribution in [0.1, 0.15) is 0 Å². The van der Waals surface area contributed by atoms with Gasteiger partial charge in [0.1, 0.15) is 7.85 Å². The fraction of sp³-hybridized carbons (Fsp3) is 0. The predicted molar refractivity (Wildman–Crippen MR) is 16.5 cm³/mol. The summed E-state index contributed by atoms with van der Waals surface area (Å²) in [6, 6.07) is 0. The fourth-order valence-corrected chi connectivity index (χ4v) is 0. The van der Waals surface area contributed by atoms with Gasteiger partial charge in [-0.3, -0.25) is 0 Å². The SMILES string of the molecule is [B]C(=O)[C-]=O.[W+2]. The van der Waals surface area contributed by atoms with Crippen molar-refractivity contribution in [2.75, 3.05) is 0 Å². The molecule has 28 valence electrons. The summed E-state index contributed by atoms with van der Waals surface area (Å²) >= 11 is 0. The summed E-state index contributed by atoms with van der Waals surface area (Å²) in [7, 11) is 4.23. The van der Waals surface area contributed by atoms with Crippen LogP contribution in [0.15, 0.2) is 0 Å². The van der Waals surface area contributed by atoms with E-state index in [9.17, 15) is 0 Å². The Morgan fingerprint density at radius 1 is 1.67 bits per heavy atom. The molecule has 0 bridgehead atoms. The molecule has 0 spiro atoms. The Labute approximate surface area is 51.0 Å². The van der Waals surface area contributed by atoms with Crippen LogP contribution in [0.2, 0.25) is 0 Å². The monoisotopic (exact) mass is 251 g/mol. The van der Waals surface area contributed by atoms with Gasteiger partial charge in [0.2, 0.25) is 0 Å². The Bertz CT molecular complexity index is 62.6. The second-order valence-corrected chi connectivity index (χ2v) is 0.466. The number of carbonyl (C=O) groups is 1. The molecular weight excluding hydrogens is 251 g/mol. The minimum absolute atomic E-state index is 0. The Morgan fingerprint density at radius 2 is 1.83 bits per heavy atom. The van der Waals surface area contributed by atoms with Crippen molar-refractivity contribution in [1.29, 1.82) is 0 Å². The van der Waals surface area contributed by atoms with E-state index >= 15 is 0 Å². The second kappa shape index (κ2) is 5.09. The summed E-state index contributed by atoms with van der Waals surface area (Å²) in [6.07, 6.45) is 0.917. The van der Waals surface area contributed by atoms with Crippen LogP contribution in [-0.4, -0.2) is 19.8 Å². The Hall–Kier alpha value is 0.0932. The van der Waals surface area contributed by atoms with Crippen molar-refractivity contribution >= 4 is 19.8 Å². The van der Waals surface area contributed by atoms with Crippen LogP contribution in [0.3, 0.4) is 0 Å². The topological polar surface area (TPSA) is 34.1 Å². The minimum Gasteiger partial charge on any atom is -0.535 e. The molecule has 0 aromatic heterocycles. The fourth-order valence-electron chi connectivity index (χ4n) is 0. The van der Waals surface area contributed by atoms with Gasteiger partial charge < -0.3 is 9.59 Å². The number of rotatable bonds is 1. The molecule has 0 fully saturated rings. The first kappa shape index (κ1) is 9.43. The van der Waals surface area contributed by atoms with Crippen LogP contribution in [0.4, 0.5) is 0 Å². The van der Waals surface area contributed by atoms with Crippen LogP contribution in [-0.2, 0) is 30.7 Å². The van der Waals surface area contributed by atoms with E-state index in [2.05, 4.69) is 7.85 Å². The van der Waals surface area contributed by atoms with E-state index in [1.807, 2.05) is 0 Å². The minimum atomic E-state index is -1.05. The van der Waals surface area contributed by atoms with Gasteiger partial charge >= 0.3 is 21.1 Å². The number of hydrogen-bond acceptors (Lipinski definition) is 2. The van der Waals surface area contributed by atoms with Gasteiger partial charge in [-0.25, -0.2) is 6.29 Å². The summed E-state index contributed by atoms with van der Waals surface area (Å²) in [6.45, 7) is 0. The summed E-state index contributed by atoms with van der Waals surface area (Å²) in [5.74, 6) is 0. The van der Waals surface area contributed by atoms with E-state index in [1.165, 1.54) is 0 Å². The normalized spacial score (nSPS) is 5.33. The van der Waals surface area contributed by atoms with Crippen molar-refractivity contribution < 1.29 is 30.7 Å². The molecule has 0 atom stereocenters. The first-order chi connectivity index (χ1) is 2.27. The standard InChI is InChI=1S/C2BO2.W/c3-2(5)1-4;/q-1;+2. The van der Waals surface area contributed by atoms with Gasteiger partial charge in [0, 0.05) is 0 Å². The van der Waals surface area contributed by atoms with Crippen LogP contribution < -0.4 is 0 Å². The van der Waals surface area contributed by atoms with Crippen molar-refractivity contribution in [2.24, 2.45) is 0 Å². The Morgan fingerprint density at radius 3 is 1.83 bits per heavy atom. The average molecular weight is 251 g/mol. The van der Waals surface area contributed by atoms with E-state index in [0.717, 1.165) is 6.29 Å². The second-order valence-electron chi connectivity index (χ2n) is 0.466. The number of hydrogen-bond donors (Lipinski definition) is 0. The third-order valence-corrected chi connectivity index (χ3v) is 0.101. The molecule has 0 aliphatic heterocycles. The molecular formula is C2BO2W+. The van der Waals surface area contributed by atoms with Gasteiger partial charge in [-0.2, -0.15) is 0 Å². The summed E-state index contributed by atoms with van der Waals surface area (Å²) in [4.78, 5) is 18.1. The molecule has 0 aromatic rings. The zero-order valence-corrected chi connectivity index (χ0v) is 5.74. The van der Waals surface area contributed by atoms with Gasteiger partial charge in [-0.05, 0) is 5.68 Å². The quantitative estimate of drug-likeness (QED) is 0.333. The van der Waals surface area contributed by atoms with Crippen LogP contribution in [0, 0.1) is 0 Å². The Balaban J connectivity index is 0. The van der Waals surface area contributed by atoms with Crippen LogP contribution >= 0.6 is 0 Å². The molecule has 0 saturated heterocycles. The summed E-state index contributed by atoms with van der Waals surface area (Å²) in [5.41, 5.74) is -1.05. The summed E-state index contributed by atoms with van der Waals surface area (Å²) < 4.78 is 0. The van der Waals surface area contributed by atoms with Crippen molar-refractivity contribution in [1.82, 2.24) is 0 Å². The zero-order chi connectivity index (χ0) is 4.28. The molecule has 6 heavy (non-hydrogen) atoms. The molecule has 4 heteroatoms. The van der Waals surface area contributed by atoms with Gasteiger partial charge in [0.05, 0.1) is 0 Å². The third-order valence-electron chi connectivity index (χ3n) is 0.101. The van der Waals surface area contributed by atoms with Crippen molar-refractivity contribution in [2.45, 2.75) is 0 Å². The van der Waals surface area contributed by atoms with Gasteiger partial charge in [0.15, 0.2) is 0 Å². The largest absolute Gasteiger partial charge is 2.00 e. The smallest absolute Gasteiger partial charge is 0.535 e. The molecule has 0 saturated carbocycles. The molecule has 0 aliphatic rings. The first-order valence-corrected chi connectivity index (χ1v) is 0.947. The predicted octanol–water partition coefficient (Wildman–Crippen LogP) is -1.21. The van der Waals surface area contributed by atoms with E-state index in [0.29, 0.717) is 0 Å². The van der Waals surface area contributed by atoms with Gasteiger partial charge in [-0.1, -0.05) is 0 Å². The maximum Gasteiger partial charge on any atom is 2.00 e. The Kier molecular flexibility index (Phi) is 8.01. The van der Waals surface area contributed by atoms with Crippen molar-refractivity contribution in [3.05, 3.63) is 0 Å². The van der Waals surface area contributed by atoms with E-state index in [4.69, 9.17) is 9.59 Å². The molecule has 0 N–H and O–H groups in total. The molecule has 0 aliphatic carbocycles. The summed E-state index contributed by atoms with van der Waals surface area (Å²) in [5, 5.41) is 0. The van der Waals surface area contributed by atoms with E-state index < -0.39 is 5.68 Å². The molecule has 0 amide bonds. The van der Waals surface area contributed by atoms with Crippen LogP contribution in [0.5, 0.6) is 0 Å². The average Bonchev–Trinajstić information content (AvgIpc) is 1.38.